The predicted molar refractivity (Wildman–Crippen MR) is 68.5 cm³/mol. The molecule has 1 aromatic rings. The summed E-state index contributed by atoms with van der Waals surface area (Å²) in [5.41, 5.74) is 1.09. The van der Waals surface area contributed by atoms with E-state index in [1.807, 2.05) is 6.07 Å². The SMILES string of the molecule is CNC(=O)C1(C)CCN(Cc2ccccc2)C1. The Morgan fingerprint density at radius 3 is 2.76 bits per heavy atom. The van der Waals surface area contributed by atoms with Crippen LogP contribution in [0, 0.1) is 5.41 Å². The van der Waals surface area contributed by atoms with Crippen LogP contribution in [0.15, 0.2) is 30.3 Å². The molecule has 1 amide bonds. The monoisotopic (exact) mass is 232 g/mol. The smallest absolute Gasteiger partial charge is 0.227 e. The number of rotatable bonds is 3. The van der Waals surface area contributed by atoms with E-state index in [-0.39, 0.29) is 11.3 Å². The predicted octanol–water partition coefficient (Wildman–Crippen LogP) is 1.64. The summed E-state index contributed by atoms with van der Waals surface area (Å²) in [5, 5.41) is 2.77. The normalized spacial score (nSPS) is 24.8. The Balaban J connectivity index is 1.97. The lowest BCUT2D eigenvalue weighted by atomic mass is 9.89. The largest absolute Gasteiger partial charge is 0.359 e. The van der Waals surface area contributed by atoms with Crippen LogP contribution in [0.1, 0.15) is 18.9 Å². The summed E-state index contributed by atoms with van der Waals surface area (Å²) < 4.78 is 0. The number of hydrogen-bond acceptors (Lipinski definition) is 2. The molecule has 1 N–H and O–H groups in total. The maximum atomic E-state index is 11.8. The van der Waals surface area contributed by atoms with Crippen LogP contribution in [0.5, 0.6) is 0 Å². The summed E-state index contributed by atoms with van der Waals surface area (Å²) in [5.74, 6) is 0.160. The molecule has 0 aromatic heterocycles. The molecule has 1 aliphatic heterocycles. The van der Waals surface area contributed by atoms with Crippen LogP contribution < -0.4 is 5.32 Å². The number of hydrogen-bond donors (Lipinski definition) is 1. The maximum absolute atomic E-state index is 11.8. The van der Waals surface area contributed by atoms with Crippen LogP contribution in [0.3, 0.4) is 0 Å². The summed E-state index contributed by atoms with van der Waals surface area (Å²) in [6.07, 6.45) is 0.944. The highest BCUT2D eigenvalue weighted by atomic mass is 16.2. The number of benzene rings is 1. The Morgan fingerprint density at radius 2 is 2.12 bits per heavy atom. The molecule has 0 spiro atoms. The van der Waals surface area contributed by atoms with Crippen molar-refractivity contribution < 1.29 is 4.79 Å². The molecule has 92 valence electrons. The zero-order chi connectivity index (χ0) is 12.3. The Bertz CT molecular complexity index is 390. The fourth-order valence-corrected chi connectivity index (χ4v) is 2.52. The van der Waals surface area contributed by atoms with Gasteiger partial charge in [-0.3, -0.25) is 9.69 Å². The molecule has 1 aliphatic rings. The van der Waals surface area contributed by atoms with Gasteiger partial charge in [0.15, 0.2) is 0 Å². The molecule has 1 heterocycles. The second-order valence-electron chi connectivity index (χ2n) is 5.09. The van der Waals surface area contributed by atoms with Crippen LogP contribution in [0.25, 0.3) is 0 Å². The first-order valence-electron chi connectivity index (χ1n) is 6.12. The van der Waals surface area contributed by atoms with Crippen LogP contribution in [0.4, 0.5) is 0 Å². The fourth-order valence-electron chi connectivity index (χ4n) is 2.52. The zero-order valence-electron chi connectivity index (χ0n) is 10.6. The van der Waals surface area contributed by atoms with Gasteiger partial charge in [0.25, 0.3) is 0 Å². The molecular formula is C14H20N2O. The molecule has 17 heavy (non-hydrogen) atoms. The average molecular weight is 232 g/mol. The third-order valence-electron chi connectivity index (χ3n) is 3.58. The van der Waals surface area contributed by atoms with Gasteiger partial charge in [0, 0.05) is 20.1 Å². The number of nitrogens with one attached hydrogen (secondary N) is 1. The van der Waals surface area contributed by atoms with Crippen LogP contribution in [0.2, 0.25) is 0 Å². The number of nitrogens with zero attached hydrogens (tertiary/aromatic N) is 1. The van der Waals surface area contributed by atoms with Gasteiger partial charge in [-0.05, 0) is 25.5 Å². The average Bonchev–Trinajstić information content (AvgIpc) is 2.72. The third-order valence-corrected chi connectivity index (χ3v) is 3.58. The van der Waals surface area contributed by atoms with Crippen LogP contribution in [-0.2, 0) is 11.3 Å². The molecule has 3 nitrogen and oxygen atoms in total. The standard InChI is InChI=1S/C14H20N2O/c1-14(13(17)15-2)8-9-16(11-14)10-12-6-4-3-5-7-12/h3-7H,8-11H2,1-2H3,(H,15,17). The lowest BCUT2D eigenvalue weighted by molar-refractivity contribution is -0.129. The maximum Gasteiger partial charge on any atom is 0.227 e. The van der Waals surface area contributed by atoms with Crippen molar-refractivity contribution in [2.45, 2.75) is 19.9 Å². The van der Waals surface area contributed by atoms with Crippen molar-refractivity contribution in [3.05, 3.63) is 35.9 Å². The zero-order valence-corrected chi connectivity index (χ0v) is 10.6. The van der Waals surface area contributed by atoms with Gasteiger partial charge in [-0.25, -0.2) is 0 Å². The van der Waals surface area contributed by atoms with Crippen molar-refractivity contribution in [1.29, 1.82) is 0 Å². The van der Waals surface area contributed by atoms with Crippen LogP contribution >= 0.6 is 0 Å². The summed E-state index contributed by atoms with van der Waals surface area (Å²) >= 11 is 0. The van der Waals surface area contributed by atoms with Gasteiger partial charge in [0.2, 0.25) is 5.91 Å². The molecule has 1 atom stereocenters. The van der Waals surface area contributed by atoms with E-state index >= 15 is 0 Å². The number of carbonyl (C=O) groups excluding carboxylic acids is 1. The third kappa shape index (κ3) is 2.67. The lowest BCUT2D eigenvalue weighted by Crippen LogP contribution is -2.39. The van der Waals surface area contributed by atoms with Crippen molar-refractivity contribution >= 4 is 5.91 Å². The highest BCUT2D eigenvalue weighted by Gasteiger charge is 2.39. The van der Waals surface area contributed by atoms with Gasteiger partial charge < -0.3 is 5.32 Å². The highest BCUT2D eigenvalue weighted by Crippen LogP contribution is 2.30. The minimum atomic E-state index is -0.219. The van der Waals surface area contributed by atoms with Gasteiger partial charge in [-0.2, -0.15) is 0 Å². The van der Waals surface area contributed by atoms with Crippen molar-refractivity contribution in [3.8, 4) is 0 Å². The van der Waals surface area contributed by atoms with Crippen molar-refractivity contribution in [3.63, 3.8) is 0 Å². The molecule has 0 radical (unpaired) electrons. The summed E-state index contributed by atoms with van der Waals surface area (Å²) in [7, 11) is 1.72. The first kappa shape index (κ1) is 12.1. The molecule has 1 saturated heterocycles. The quantitative estimate of drug-likeness (QED) is 0.859. The molecule has 1 aromatic carbocycles. The van der Waals surface area contributed by atoms with E-state index in [0.29, 0.717) is 0 Å². The van der Waals surface area contributed by atoms with E-state index in [2.05, 4.69) is 41.4 Å². The Kier molecular flexibility index (Phi) is 3.48. The van der Waals surface area contributed by atoms with E-state index in [4.69, 9.17) is 0 Å². The number of amides is 1. The second-order valence-corrected chi connectivity index (χ2v) is 5.09. The fraction of sp³-hybridized carbons (Fsp3) is 0.500. The minimum absolute atomic E-state index is 0.160. The van der Waals surface area contributed by atoms with E-state index in [0.717, 1.165) is 26.1 Å². The van der Waals surface area contributed by atoms with Crippen molar-refractivity contribution in [1.82, 2.24) is 10.2 Å². The Labute approximate surface area is 103 Å². The first-order valence-corrected chi connectivity index (χ1v) is 6.12. The van der Waals surface area contributed by atoms with E-state index < -0.39 is 0 Å². The van der Waals surface area contributed by atoms with Gasteiger partial charge in [0.05, 0.1) is 5.41 Å². The van der Waals surface area contributed by atoms with E-state index in [9.17, 15) is 4.79 Å². The molecule has 0 bridgehead atoms. The molecule has 3 heteroatoms. The minimum Gasteiger partial charge on any atom is -0.359 e. The lowest BCUT2D eigenvalue weighted by Gasteiger charge is -2.22. The summed E-state index contributed by atoms with van der Waals surface area (Å²) in [6, 6.07) is 10.4. The van der Waals surface area contributed by atoms with Gasteiger partial charge in [-0.1, -0.05) is 30.3 Å². The van der Waals surface area contributed by atoms with E-state index in [1.165, 1.54) is 5.56 Å². The van der Waals surface area contributed by atoms with Crippen molar-refractivity contribution in [2.24, 2.45) is 5.41 Å². The number of carbonyl (C=O) groups is 1. The molecule has 1 fully saturated rings. The van der Waals surface area contributed by atoms with Gasteiger partial charge in [-0.15, -0.1) is 0 Å². The topological polar surface area (TPSA) is 32.3 Å². The summed E-state index contributed by atoms with van der Waals surface area (Å²) in [6.45, 7) is 4.84. The van der Waals surface area contributed by atoms with Crippen LogP contribution in [-0.4, -0.2) is 30.9 Å². The molecule has 2 rings (SSSR count). The summed E-state index contributed by atoms with van der Waals surface area (Å²) in [4.78, 5) is 14.1. The Morgan fingerprint density at radius 1 is 1.41 bits per heavy atom. The molecule has 1 unspecified atom stereocenters. The Hall–Kier alpha value is -1.35. The van der Waals surface area contributed by atoms with E-state index in [1.54, 1.807) is 7.05 Å². The first-order chi connectivity index (χ1) is 8.14. The number of likely N-dealkylation sites (tertiary alicyclic amines) is 1. The second kappa shape index (κ2) is 4.88. The molecule has 0 saturated carbocycles. The molecule has 0 aliphatic carbocycles. The molecular weight excluding hydrogens is 212 g/mol. The van der Waals surface area contributed by atoms with Gasteiger partial charge >= 0.3 is 0 Å². The van der Waals surface area contributed by atoms with Crippen molar-refractivity contribution in [2.75, 3.05) is 20.1 Å². The van der Waals surface area contributed by atoms with Gasteiger partial charge in [0.1, 0.15) is 0 Å². The highest BCUT2D eigenvalue weighted by molar-refractivity contribution is 5.82.